The zero-order valence-corrected chi connectivity index (χ0v) is 9.83. The topological polar surface area (TPSA) is 42.9 Å². The molecular formula is C12H12N2OS. The Kier molecular flexibility index (Phi) is 3.51. The number of thioether (sulfide) groups is 1. The fraction of sp³-hybridized carbons (Fsp3) is 0.250. The van der Waals surface area contributed by atoms with E-state index in [-0.39, 0.29) is 5.78 Å². The number of ketones is 1. The lowest BCUT2D eigenvalue weighted by Crippen LogP contribution is -1.93. The van der Waals surface area contributed by atoms with Gasteiger partial charge < -0.3 is 0 Å². The molecule has 0 aliphatic heterocycles. The summed E-state index contributed by atoms with van der Waals surface area (Å²) < 4.78 is 0. The van der Waals surface area contributed by atoms with Crippen molar-refractivity contribution in [1.82, 2.24) is 9.97 Å². The van der Waals surface area contributed by atoms with Crippen molar-refractivity contribution in [3.05, 3.63) is 30.6 Å². The van der Waals surface area contributed by atoms with Crippen LogP contribution in [0, 0.1) is 0 Å². The molecule has 1 aromatic carbocycles. The molecule has 82 valence electrons. The molecule has 0 amide bonds. The fourth-order valence-electron chi connectivity index (χ4n) is 1.39. The molecule has 0 bridgehead atoms. The predicted octanol–water partition coefficient (Wildman–Crippen LogP) is 2.70. The number of Topliss-reactive ketones (excluding diaryl/α,β-unsaturated/α-hetero) is 1. The molecule has 0 unspecified atom stereocenters. The van der Waals surface area contributed by atoms with E-state index in [1.165, 1.54) is 0 Å². The minimum absolute atomic E-state index is 0.214. The fourth-order valence-corrected chi connectivity index (χ4v) is 2.42. The summed E-state index contributed by atoms with van der Waals surface area (Å²) in [6.45, 7) is 1.61. The molecule has 1 aromatic heterocycles. The minimum Gasteiger partial charge on any atom is -0.300 e. The Balaban J connectivity index is 2.20. The Bertz CT molecular complexity index is 508. The summed E-state index contributed by atoms with van der Waals surface area (Å²) in [6, 6.07) is 7.90. The Morgan fingerprint density at radius 1 is 1.31 bits per heavy atom. The van der Waals surface area contributed by atoms with Crippen molar-refractivity contribution < 1.29 is 4.79 Å². The molecular weight excluding hydrogens is 220 g/mol. The zero-order chi connectivity index (χ0) is 11.4. The van der Waals surface area contributed by atoms with Gasteiger partial charge >= 0.3 is 0 Å². The lowest BCUT2D eigenvalue weighted by atomic mass is 10.2. The van der Waals surface area contributed by atoms with Crippen molar-refractivity contribution in [2.24, 2.45) is 0 Å². The van der Waals surface area contributed by atoms with Gasteiger partial charge in [0.1, 0.15) is 17.1 Å². The molecule has 0 aliphatic carbocycles. The van der Waals surface area contributed by atoms with E-state index in [2.05, 4.69) is 9.97 Å². The zero-order valence-electron chi connectivity index (χ0n) is 9.01. The van der Waals surface area contributed by atoms with Crippen LogP contribution in [0.5, 0.6) is 0 Å². The highest BCUT2D eigenvalue weighted by Crippen LogP contribution is 2.24. The lowest BCUT2D eigenvalue weighted by molar-refractivity contribution is -0.116. The highest BCUT2D eigenvalue weighted by molar-refractivity contribution is 7.99. The van der Waals surface area contributed by atoms with Crippen LogP contribution in [0.3, 0.4) is 0 Å². The van der Waals surface area contributed by atoms with Gasteiger partial charge in [-0.15, -0.1) is 11.8 Å². The first kappa shape index (κ1) is 11.1. The summed E-state index contributed by atoms with van der Waals surface area (Å²) >= 11 is 1.61. The highest BCUT2D eigenvalue weighted by atomic mass is 32.2. The average Bonchev–Trinajstić information content (AvgIpc) is 2.29. The van der Waals surface area contributed by atoms with Gasteiger partial charge in [-0.2, -0.15) is 0 Å². The highest BCUT2D eigenvalue weighted by Gasteiger charge is 2.03. The van der Waals surface area contributed by atoms with Crippen molar-refractivity contribution in [3.63, 3.8) is 0 Å². The van der Waals surface area contributed by atoms with Gasteiger partial charge in [-0.3, -0.25) is 4.79 Å². The number of carbonyl (C=O) groups excluding carboxylic acids is 1. The molecule has 2 aromatic rings. The van der Waals surface area contributed by atoms with E-state index in [9.17, 15) is 4.79 Å². The van der Waals surface area contributed by atoms with Gasteiger partial charge in [0, 0.05) is 17.6 Å². The maximum Gasteiger partial charge on any atom is 0.130 e. The molecule has 0 atom stereocenters. The van der Waals surface area contributed by atoms with Crippen LogP contribution in [0.15, 0.2) is 35.6 Å². The smallest absolute Gasteiger partial charge is 0.130 e. The third kappa shape index (κ3) is 2.58. The molecule has 0 saturated heterocycles. The van der Waals surface area contributed by atoms with Gasteiger partial charge in [0.2, 0.25) is 0 Å². The third-order valence-electron chi connectivity index (χ3n) is 2.20. The standard InChI is InChI=1S/C12H12N2OS/c1-9(15)6-7-16-12-10-4-2-3-5-11(10)13-8-14-12/h2-5,8H,6-7H2,1H3. The van der Waals surface area contributed by atoms with E-state index in [1.54, 1.807) is 25.0 Å². The Morgan fingerprint density at radius 3 is 2.94 bits per heavy atom. The second-order valence-corrected chi connectivity index (χ2v) is 4.58. The van der Waals surface area contributed by atoms with Crippen molar-refractivity contribution in [1.29, 1.82) is 0 Å². The van der Waals surface area contributed by atoms with Gasteiger partial charge in [-0.1, -0.05) is 18.2 Å². The first-order valence-corrected chi connectivity index (χ1v) is 6.08. The van der Waals surface area contributed by atoms with Crippen LogP contribution in [0.4, 0.5) is 0 Å². The van der Waals surface area contributed by atoms with Gasteiger partial charge in [-0.25, -0.2) is 9.97 Å². The van der Waals surface area contributed by atoms with Crippen LogP contribution in [0.25, 0.3) is 10.9 Å². The number of nitrogens with zero attached hydrogens (tertiary/aromatic N) is 2. The Morgan fingerprint density at radius 2 is 2.12 bits per heavy atom. The van der Waals surface area contributed by atoms with Crippen molar-refractivity contribution in [2.45, 2.75) is 18.4 Å². The van der Waals surface area contributed by atoms with E-state index < -0.39 is 0 Å². The van der Waals surface area contributed by atoms with Crippen LogP contribution in [0.1, 0.15) is 13.3 Å². The molecule has 16 heavy (non-hydrogen) atoms. The number of hydrogen-bond donors (Lipinski definition) is 0. The van der Waals surface area contributed by atoms with E-state index in [0.717, 1.165) is 21.7 Å². The summed E-state index contributed by atoms with van der Waals surface area (Å²) in [6.07, 6.45) is 2.15. The summed E-state index contributed by atoms with van der Waals surface area (Å²) in [5.74, 6) is 0.988. The molecule has 4 heteroatoms. The summed E-state index contributed by atoms with van der Waals surface area (Å²) in [5.41, 5.74) is 0.947. The van der Waals surface area contributed by atoms with Crippen molar-refractivity contribution >= 4 is 28.4 Å². The van der Waals surface area contributed by atoms with Crippen LogP contribution in [0.2, 0.25) is 0 Å². The largest absolute Gasteiger partial charge is 0.300 e. The molecule has 0 fully saturated rings. The van der Waals surface area contributed by atoms with Crippen LogP contribution >= 0.6 is 11.8 Å². The van der Waals surface area contributed by atoms with Crippen molar-refractivity contribution in [2.75, 3.05) is 5.75 Å². The van der Waals surface area contributed by atoms with Crippen LogP contribution in [-0.4, -0.2) is 21.5 Å². The van der Waals surface area contributed by atoms with Gasteiger partial charge in [-0.05, 0) is 13.0 Å². The minimum atomic E-state index is 0.214. The van der Waals surface area contributed by atoms with E-state index in [4.69, 9.17) is 0 Å². The SMILES string of the molecule is CC(=O)CCSc1ncnc2ccccc12. The number of aromatic nitrogens is 2. The van der Waals surface area contributed by atoms with E-state index >= 15 is 0 Å². The molecule has 1 heterocycles. The normalized spacial score (nSPS) is 10.6. The number of hydrogen-bond acceptors (Lipinski definition) is 4. The monoisotopic (exact) mass is 232 g/mol. The van der Waals surface area contributed by atoms with Gasteiger partial charge in [0.05, 0.1) is 5.52 Å². The first-order valence-electron chi connectivity index (χ1n) is 5.09. The molecule has 0 radical (unpaired) electrons. The number of fused-ring (bicyclic) bond motifs is 1. The maximum absolute atomic E-state index is 10.9. The predicted molar refractivity (Wildman–Crippen MR) is 65.6 cm³/mol. The summed E-state index contributed by atoms with van der Waals surface area (Å²) in [4.78, 5) is 19.3. The molecule has 0 aliphatic rings. The number of benzene rings is 1. The lowest BCUT2D eigenvalue weighted by Gasteiger charge is -2.03. The second-order valence-electron chi connectivity index (χ2n) is 3.50. The second kappa shape index (κ2) is 5.07. The first-order chi connectivity index (χ1) is 7.77. The maximum atomic E-state index is 10.9. The quantitative estimate of drug-likeness (QED) is 0.600. The molecule has 0 saturated carbocycles. The van der Waals surface area contributed by atoms with Gasteiger partial charge in [0.25, 0.3) is 0 Å². The molecule has 0 spiro atoms. The summed E-state index contributed by atoms with van der Waals surface area (Å²) in [5, 5.41) is 2.01. The number of rotatable bonds is 4. The van der Waals surface area contributed by atoms with E-state index in [0.29, 0.717) is 6.42 Å². The van der Waals surface area contributed by atoms with Crippen molar-refractivity contribution in [3.8, 4) is 0 Å². The number of para-hydroxylation sites is 1. The molecule has 3 nitrogen and oxygen atoms in total. The van der Waals surface area contributed by atoms with Crippen LogP contribution in [-0.2, 0) is 4.79 Å². The summed E-state index contributed by atoms with van der Waals surface area (Å²) in [7, 11) is 0. The number of carbonyl (C=O) groups is 1. The molecule has 0 N–H and O–H groups in total. The molecule has 2 rings (SSSR count). The Labute approximate surface area is 98.3 Å². The van der Waals surface area contributed by atoms with E-state index in [1.807, 2.05) is 24.3 Å². The Hall–Kier alpha value is -1.42. The van der Waals surface area contributed by atoms with Gasteiger partial charge in [0.15, 0.2) is 0 Å². The third-order valence-corrected chi connectivity index (χ3v) is 3.21. The average molecular weight is 232 g/mol. The van der Waals surface area contributed by atoms with Crippen LogP contribution < -0.4 is 0 Å².